The van der Waals surface area contributed by atoms with Gasteiger partial charge in [-0.3, -0.25) is 9.59 Å². The standard InChI is InChI=1S/C19H15Cl2NO4/c1-11-2-3-16-12(9-25-17(16)4-11)5-19(24)26-10-18(23)22-15-7-13(20)6-14(21)8-15/h2-4,6-9H,5,10H2,1H3,(H,22,23). The van der Waals surface area contributed by atoms with Crippen molar-refractivity contribution in [2.24, 2.45) is 0 Å². The van der Waals surface area contributed by atoms with Crippen molar-refractivity contribution in [2.75, 3.05) is 11.9 Å². The molecule has 1 amide bonds. The van der Waals surface area contributed by atoms with Crippen molar-refractivity contribution in [1.82, 2.24) is 0 Å². The first-order valence-corrected chi connectivity index (χ1v) is 8.54. The molecule has 0 unspecified atom stereocenters. The Labute approximate surface area is 159 Å². The molecule has 26 heavy (non-hydrogen) atoms. The second-order valence-corrected chi connectivity index (χ2v) is 6.68. The third-order valence-electron chi connectivity index (χ3n) is 3.66. The third kappa shape index (κ3) is 4.56. The summed E-state index contributed by atoms with van der Waals surface area (Å²) in [7, 11) is 0. The number of carbonyl (C=O) groups is 2. The molecule has 134 valence electrons. The fourth-order valence-electron chi connectivity index (χ4n) is 2.50. The number of halogens is 2. The third-order valence-corrected chi connectivity index (χ3v) is 4.09. The van der Waals surface area contributed by atoms with Crippen LogP contribution in [0.15, 0.2) is 47.1 Å². The van der Waals surface area contributed by atoms with Crippen LogP contribution in [0.5, 0.6) is 0 Å². The Morgan fingerprint density at radius 1 is 1.12 bits per heavy atom. The van der Waals surface area contributed by atoms with E-state index in [1.54, 1.807) is 18.2 Å². The molecule has 7 heteroatoms. The van der Waals surface area contributed by atoms with Crippen LogP contribution in [-0.2, 0) is 20.7 Å². The van der Waals surface area contributed by atoms with Crippen molar-refractivity contribution in [2.45, 2.75) is 13.3 Å². The van der Waals surface area contributed by atoms with E-state index in [1.807, 2.05) is 25.1 Å². The number of esters is 1. The molecule has 5 nitrogen and oxygen atoms in total. The van der Waals surface area contributed by atoms with E-state index in [0.29, 0.717) is 26.9 Å². The number of nitrogens with one attached hydrogen (secondary N) is 1. The Kier molecular flexibility index (Phi) is 5.49. The predicted molar refractivity (Wildman–Crippen MR) is 101 cm³/mol. The minimum atomic E-state index is -0.521. The average molecular weight is 392 g/mol. The number of hydrogen-bond acceptors (Lipinski definition) is 4. The van der Waals surface area contributed by atoms with Crippen LogP contribution in [0.1, 0.15) is 11.1 Å². The number of aryl methyl sites for hydroxylation is 1. The zero-order chi connectivity index (χ0) is 18.7. The first kappa shape index (κ1) is 18.3. The molecule has 0 aliphatic carbocycles. The number of carbonyl (C=O) groups excluding carboxylic acids is 2. The number of anilines is 1. The minimum absolute atomic E-state index is 0.0202. The summed E-state index contributed by atoms with van der Waals surface area (Å²) in [5, 5.41) is 4.21. The Hall–Kier alpha value is -2.50. The van der Waals surface area contributed by atoms with Crippen molar-refractivity contribution in [3.05, 3.63) is 63.8 Å². The summed E-state index contributed by atoms with van der Waals surface area (Å²) >= 11 is 11.7. The number of fused-ring (bicyclic) bond motifs is 1. The number of ether oxygens (including phenoxy) is 1. The summed E-state index contributed by atoms with van der Waals surface area (Å²) in [6.45, 7) is 1.56. The van der Waals surface area contributed by atoms with Crippen LogP contribution in [0.2, 0.25) is 10.0 Å². The van der Waals surface area contributed by atoms with Crippen molar-refractivity contribution < 1.29 is 18.7 Å². The summed E-state index contributed by atoms with van der Waals surface area (Å²) in [5.41, 5.74) is 2.92. The van der Waals surface area contributed by atoms with Gasteiger partial charge < -0.3 is 14.5 Å². The molecule has 0 aliphatic heterocycles. The molecule has 1 aromatic heterocycles. The van der Waals surface area contributed by atoms with E-state index < -0.39 is 18.5 Å². The van der Waals surface area contributed by atoms with E-state index in [-0.39, 0.29) is 6.42 Å². The maximum atomic E-state index is 12.0. The van der Waals surface area contributed by atoms with Gasteiger partial charge in [0.05, 0.1) is 12.7 Å². The van der Waals surface area contributed by atoms with Crippen LogP contribution in [0.3, 0.4) is 0 Å². The van der Waals surface area contributed by atoms with Gasteiger partial charge in [0.25, 0.3) is 5.91 Å². The van der Waals surface area contributed by atoms with Gasteiger partial charge in [0.1, 0.15) is 5.58 Å². The van der Waals surface area contributed by atoms with Crippen molar-refractivity contribution in [3.8, 4) is 0 Å². The van der Waals surface area contributed by atoms with Crippen LogP contribution >= 0.6 is 23.2 Å². The number of amides is 1. The van der Waals surface area contributed by atoms with Crippen LogP contribution in [0.25, 0.3) is 11.0 Å². The van der Waals surface area contributed by atoms with Gasteiger partial charge in [-0.05, 0) is 36.8 Å². The van der Waals surface area contributed by atoms with Gasteiger partial charge in [-0.25, -0.2) is 0 Å². The summed E-state index contributed by atoms with van der Waals surface area (Å²) in [4.78, 5) is 23.9. The lowest BCUT2D eigenvalue weighted by atomic mass is 10.1. The summed E-state index contributed by atoms with van der Waals surface area (Å²) in [6, 6.07) is 10.4. The molecular weight excluding hydrogens is 377 g/mol. The summed E-state index contributed by atoms with van der Waals surface area (Å²) < 4.78 is 10.5. The highest BCUT2D eigenvalue weighted by Crippen LogP contribution is 2.23. The predicted octanol–water partition coefficient (Wildman–Crippen LogP) is 4.77. The highest BCUT2D eigenvalue weighted by molar-refractivity contribution is 6.35. The molecule has 1 N–H and O–H groups in total. The second kappa shape index (κ2) is 7.81. The summed E-state index contributed by atoms with van der Waals surface area (Å²) in [5.74, 6) is -1.00. The lowest BCUT2D eigenvalue weighted by Gasteiger charge is -2.07. The van der Waals surface area contributed by atoms with E-state index >= 15 is 0 Å². The number of hydrogen-bond donors (Lipinski definition) is 1. The van der Waals surface area contributed by atoms with Gasteiger partial charge in [-0.1, -0.05) is 35.3 Å². The van der Waals surface area contributed by atoms with Crippen LogP contribution in [0, 0.1) is 6.92 Å². The first-order chi connectivity index (χ1) is 12.4. The highest BCUT2D eigenvalue weighted by atomic mass is 35.5. The van der Waals surface area contributed by atoms with Gasteiger partial charge in [0.2, 0.25) is 0 Å². The Morgan fingerprint density at radius 3 is 2.58 bits per heavy atom. The van der Waals surface area contributed by atoms with E-state index in [9.17, 15) is 9.59 Å². The molecule has 0 atom stereocenters. The molecule has 0 aliphatic rings. The molecule has 0 bridgehead atoms. The van der Waals surface area contributed by atoms with Crippen LogP contribution in [0.4, 0.5) is 5.69 Å². The monoisotopic (exact) mass is 391 g/mol. The number of rotatable bonds is 5. The topological polar surface area (TPSA) is 68.5 Å². The van der Waals surface area contributed by atoms with E-state index in [0.717, 1.165) is 10.9 Å². The van der Waals surface area contributed by atoms with Crippen molar-refractivity contribution in [1.29, 1.82) is 0 Å². The van der Waals surface area contributed by atoms with Gasteiger partial charge in [-0.15, -0.1) is 0 Å². The molecule has 3 rings (SSSR count). The molecule has 0 fully saturated rings. The first-order valence-electron chi connectivity index (χ1n) is 7.79. The normalized spacial score (nSPS) is 10.7. The molecule has 0 saturated heterocycles. The molecule has 1 heterocycles. The number of benzene rings is 2. The molecular formula is C19H15Cl2NO4. The fraction of sp³-hybridized carbons (Fsp3) is 0.158. The average Bonchev–Trinajstić information content (AvgIpc) is 2.94. The smallest absolute Gasteiger partial charge is 0.310 e. The SMILES string of the molecule is Cc1ccc2c(CC(=O)OCC(=O)Nc3cc(Cl)cc(Cl)c3)coc2c1. The molecule has 0 radical (unpaired) electrons. The zero-order valence-corrected chi connectivity index (χ0v) is 15.4. The van der Waals surface area contributed by atoms with E-state index in [1.165, 1.54) is 6.26 Å². The highest BCUT2D eigenvalue weighted by Gasteiger charge is 2.13. The maximum Gasteiger partial charge on any atom is 0.310 e. The largest absolute Gasteiger partial charge is 0.464 e. The van der Waals surface area contributed by atoms with Gasteiger partial charge in [0.15, 0.2) is 6.61 Å². The Balaban J connectivity index is 1.55. The second-order valence-electron chi connectivity index (χ2n) is 5.80. The molecule has 2 aromatic carbocycles. The molecule has 0 spiro atoms. The molecule has 3 aromatic rings. The fourth-order valence-corrected chi connectivity index (χ4v) is 3.03. The van der Waals surface area contributed by atoms with E-state index in [2.05, 4.69) is 5.32 Å². The number of furan rings is 1. The van der Waals surface area contributed by atoms with Gasteiger partial charge >= 0.3 is 5.97 Å². The maximum absolute atomic E-state index is 12.0. The molecule has 0 saturated carbocycles. The van der Waals surface area contributed by atoms with Crippen LogP contribution in [-0.4, -0.2) is 18.5 Å². The lowest BCUT2D eigenvalue weighted by Crippen LogP contribution is -2.21. The minimum Gasteiger partial charge on any atom is -0.464 e. The van der Waals surface area contributed by atoms with Gasteiger partial charge in [0, 0.05) is 26.7 Å². The Bertz CT molecular complexity index is 961. The van der Waals surface area contributed by atoms with E-state index in [4.69, 9.17) is 32.4 Å². The quantitative estimate of drug-likeness (QED) is 0.635. The zero-order valence-electron chi connectivity index (χ0n) is 13.8. The lowest BCUT2D eigenvalue weighted by molar-refractivity contribution is -0.146. The summed E-state index contributed by atoms with van der Waals surface area (Å²) in [6.07, 6.45) is 1.55. The van der Waals surface area contributed by atoms with Crippen molar-refractivity contribution in [3.63, 3.8) is 0 Å². The Morgan fingerprint density at radius 2 is 1.85 bits per heavy atom. The van der Waals surface area contributed by atoms with Crippen molar-refractivity contribution >= 4 is 51.7 Å². The van der Waals surface area contributed by atoms with Gasteiger partial charge in [-0.2, -0.15) is 0 Å². The van der Waals surface area contributed by atoms with Crippen LogP contribution < -0.4 is 5.32 Å².